The zero-order valence-electron chi connectivity index (χ0n) is 9.89. The molecule has 0 spiro atoms. The normalized spacial score (nSPS) is 15.3. The number of nitrogens with two attached hydrogens (primary N) is 1. The van der Waals surface area contributed by atoms with Gasteiger partial charge >= 0.3 is 0 Å². The first-order valence-corrected chi connectivity index (χ1v) is 5.69. The molecule has 2 heterocycles. The number of dihydropyridines is 1. The lowest BCUT2D eigenvalue weighted by Gasteiger charge is -2.15. The van der Waals surface area contributed by atoms with Gasteiger partial charge in [0.1, 0.15) is 12.1 Å². The smallest absolute Gasteiger partial charge is 0.229 e. The van der Waals surface area contributed by atoms with Crippen LogP contribution in [0.25, 0.3) is 16.5 Å². The first-order valence-electron chi connectivity index (χ1n) is 5.69. The van der Waals surface area contributed by atoms with Crippen LogP contribution in [-0.2, 0) is 0 Å². The molecule has 2 aromatic rings. The molecule has 0 saturated carbocycles. The van der Waals surface area contributed by atoms with Crippen LogP contribution >= 0.6 is 0 Å². The van der Waals surface area contributed by atoms with E-state index in [0.29, 0.717) is 12.4 Å². The van der Waals surface area contributed by atoms with Crippen LogP contribution in [0.4, 0.5) is 10.2 Å². The molecule has 0 fully saturated rings. The lowest BCUT2D eigenvalue weighted by atomic mass is 10.0. The van der Waals surface area contributed by atoms with Gasteiger partial charge in [0.2, 0.25) is 5.95 Å². The molecule has 0 aliphatic carbocycles. The second kappa shape index (κ2) is 4.24. The summed E-state index contributed by atoms with van der Waals surface area (Å²) in [6.45, 7) is 0.301. The number of fused-ring (bicyclic) bond motifs is 1. The summed E-state index contributed by atoms with van der Waals surface area (Å²) in [6.07, 6.45) is 2.80. The summed E-state index contributed by atoms with van der Waals surface area (Å²) in [5.74, 6) is -0.729. The van der Waals surface area contributed by atoms with E-state index in [9.17, 15) is 9.50 Å². The van der Waals surface area contributed by atoms with Crippen molar-refractivity contribution in [3.63, 3.8) is 0 Å². The van der Waals surface area contributed by atoms with Crippen LogP contribution in [-0.4, -0.2) is 21.6 Å². The minimum absolute atomic E-state index is 0.301. The highest BCUT2D eigenvalue weighted by atomic mass is 19.1. The summed E-state index contributed by atoms with van der Waals surface area (Å²) in [5, 5.41) is 12.6. The number of nitrogens with zero attached hydrogens (tertiary/aromatic N) is 2. The van der Waals surface area contributed by atoms with Gasteiger partial charge in [0, 0.05) is 11.9 Å². The van der Waals surface area contributed by atoms with Crippen molar-refractivity contribution in [3.8, 4) is 0 Å². The van der Waals surface area contributed by atoms with E-state index in [2.05, 4.69) is 15.3 Å². The number of anilines is 1. The number of nitrogens with one attached hydrogen (secondary N) is 1. The van der Waals surface area contributed by atoms with Crippen molar-refractivity contribution in [2.45, 2.75) is 0 Å². The third kappa shape index (κ3) is 1.97. The van der Waals surface area contributed by atoms with Crippen molar-refractivity contribution in [1.29, 1.82) is 0 Å². The third-order valence-corrected chi connectivity index (χ3v) is 3.01. The van der Waals surface area contributed by atoms with Crippen molar-refractivity contribution in [2.75, 3.05) is 12.3 Å². The van der Waals surface area contributed by atoms with E-state index in [0.717, 1.165) is 22.0 Å². The Morgan fingerprint density at radius 2 is 2.16 bits per heavy atom. The maximum atomic E-state index is 13.0. The second-order valence-electron chi connectivity index (χ2n) is 4.21. The largest absolute Gasteiger partial charge is 0.504 e. The van der Waals surface area contributed by atoms with Gasteiger partial charge in [0.15, 0.2) is 5.76 Å². The van der Waals surface area contributed by atoms with Crippen molar-refractivity contribution in [1.82, 2.24) is 15.3 Å². The maximum absolute atomic E-state index is 13.0. The Morgan fingerprint density at radius 3 is 2.95 bits per heavy atom. The maximum Gasteiger partial charge on any atom is 0.229 e. The van der Waals surface area contributed by atoms with Crippen LogP contribution in [0.3, 0.4) is 0 Å². The van der Waals surface area contributed by atoms with E-state index < -0.39 is 11.7 Å². The van der Waals surface area contributed by atoms with Gasteiger partial charge < -0.3 is 16.2 Å². The van der Waals surface area contributed by atoms with Crippen LogP contribution in [0.2, 0.25) is 0 Å². The summed E-state index contributed by atoms with van der Waals surface area (Å²) >= 11 is 0. The Kier molecular flexibility index (Phi) is 2.56. The molecule has 0 saturated heterocycles. The average molecular weight is 258 g/mol. The molecule has 4 N–H and O–H groups in total. The van der Waals surface area contributed by atoms with Gasteiger partial charge in [-0.3, -0.25) is 0 Å². The summed E-state index contributed by atoms with van der Waals surface area (Å²) in [4.78, 5) is 8.04. The Morgan fingerprint density at radius 1 is 1.32 bits per heavy atom. The zero-order chi connectivity index (χ0) is 13.4. The molecule has 0 unspecified atom stereocenters. The summed E-state index contributed by atoms with van der Waals surface area (Å²) < 4.78 is 13.0. The Hall–Kier alpha value is -2.63. The zero-order valence-corrected chi connectivity index (χ0v) is 9.89. The molecule has 3 rings (SSSR count). The molecular formula is C13H11FN4O. The van der Waals surface area contributed by atoms with Crippen LogP contribution < -0.4 is 11.1 Å². The highest BCUT2D eigenvalue weighted by Gasteiger charge is 2.13. The highest BCUT2D eigenvalue weighted by molar-refractivity contribution is 5.91. The monoisotopic (exact) mass is 258 g/mol. The van der Waals surface area contributed by atoms with E-state index in [1.165, 1.54) is 12.4 Å². The molecule has 1 aliphatic heterocycles. The highest BCUT2D eigenvalue weighted by Crippen LogP contribution is 2.25. The predicted molar refractivity (Wildman–Crippen MR) is 70.7 cm³/mol. The Labute approximate surface area is 108 Å². The number of rotatable bonds is 1. The summed E-state index contributed by atoms with van der Waals surface area (Å²) in [5.41, 5.74) is 8.14. The fourth-order valence-corrected chi connectivity index (χ4v) is 2.00. The second-order valence-corrected chi connectivity index (χ2v) is 4.21. The van der Waals surface area contributed by atoms with Crippen LogP contribution in [0.15, 0.2) is 42.3 Å². The van der Waals surface area contributed by atoms with Crippen molar-refractivity contribution >= 4 is 22.3 Å². The minimum atomic E-state index is -0.715. The first kappa shape index (κ1) is 11.5. The molecule has 0 bridgehead atoms. The van der Waals surface area contributed by atoms with Crippen molar-refractivity contribution in [3.05, 3.63) is 47.9 Å². The van der Waals surface area contributed by atoms with E-state index in [-0.39, 0.29) is 0 Å². The fraction of sp³-hybridized carbons (Fsp3) is 0.0769. The van der Waals surface area contributed by atoms with Gasteiger partial charge in [-0.05, 0) is 29.3 Å². The van der Waals surface area contributed by atoms with Gasteiger partial charge in [-0.15, -0.1) is 0 Å². The van der Waals surface area contributed by atoms with Crippen LogP contribution in [0.5, 0.6) is 0 Å². The molecule has 1 aromatic carbocycles. The number of aliphatic hydroxyl groups excluding tert-OH is 1. The number of nitrogen functional groups attached to an aromatic ring is 1. The van der Waals surface area contributed by atoms with Crippen LogP contribution in [0.1, 0.15) is 5.56 Å². The lowest BCUT2D eigenvalue weighted by Crippen LogP contribution is -2.19. The molecule has 5 nitrogen and oxygen atoms in total. The Balaban J connectivity index is 2.12. The fourth-order valence-electron chi connectivity index (χ4n) is 2.00. The van der Waals surface area contributed by atoms with E-state index >= 15 is 0 Å². The molecule has 96 valence electrons. The topological polar surface area (TPSA) is 84.1 Å². The summed E-state index contributed by atoms with van der Waals surface area (Å²) in [7, 11) is 0. The minimum Gasteiger partial charge on any atom is -0.504 e. The predicted octanol–water partition coefficient (Wildman–Crippen LogP) is 1.90. The number of hydrogen-bond donors (Lipinski definition) is 3. The van der Waals surface area contributed by atoms with Crippen molar-refractivity contribution < 1.29 is 9.50 Å². The molecule has 1 aliphatic rings. The summed E-state index contributed by atoms with van der Waals surface area (Å²) in [6, 6.07) is 5.49. The quantitative estimate of drug-likeness (QED) is 0.680. The van der Waals surface area contributed by atoms with Gasteiger partial charge in [0.25, 0.3) is 0 Å². The number of halogens is 1. The molecule has 6 heteroatoms. The first-order chi connectivity index (χ1) is 9.15. The van der Waals surface area contributed by atoms with E-state index in [4.69, 9.17) is 5.73 Å². The molecular weight excluding hydrogens is 247 g/mol. The number of hydrogen-bond acceptors (Lipinski definition) is 5. The number of allylic oxidation sites excluding steroid dienone is 1. The van der Waals surface area contributed by atoms with Gasteiger partial charge in [0.05, 0.1) is 5.52 Å². The number of benzene rings is 1. The molecule has 0 radical (unpaired) electrons. The van der Waals surface area contributed by atoms with Gasteiger partial charge in [-0.25, -0.2) is 9.97 Å². The lowest BCUT2D eigenvalue weighted by molar-refractivity contribution is 0.381. The van der Waals surface area contributed by atoms with E-state index in [1.807, 2.05) is 18.2 Å². The molecule has 0 amide bonds. The third-order valence-electron chi connectivity index (χ3n) is 3.01. The van der Waals surface area contributed by atoms with Gasteiger partial charge in [-0.2, -0.15) is 4.39 Å². The van der Waals surface area contributed by atoms with E-state index in [1.54, 1.807) is 0 Å². The SMILES string of the molecule is Nc1ncnc2ccc(C3=CC(O)=C(F)NC3)cc12. The molecule has 19 heavy (non-hydrogen) atoms. The number of aromatic nitrogens is 2. The van der Waals surface area contributed by atoms with Crippen molar-refractivity contribution in [2.24, 2.45) is 0 Å². The van der Waals surface area contributed by atoms with Crippen LogP contribution in [0, 0.1) is 0 Å². The molecule has 0 atom stereocenters. The van der Waals surface area contributed by atoms with Gasteiger partial charge in [-0.1, -0.05) is 6.07 Å². The Bertz CT molecular complexity index is 724. The standard InChI is InChI=1S/C13H11FN4O/c14-12-11(19)4-8(5-16-12)7-1-2-10-9(3-7)13(15)18-6-17-10/h1-4,6,16,19H,5H2,(H2,15,17,18). The molecule has 1 aromatic heterocycles. The number of aliphatic hydroxyl groups is 1. The average Bonchev–Trinajstić information content (AvgIpc) is 2.42.